The van der Waals surface area contributed by atoms with Gasteiger partial charge in [0.1, 0.15) is 5.75 Å². The fourth-order valence-corrected chi connectivity index (χ4v) is 8.64. The van der Waals surface area contributed by atoms with E-state index in [1.54, 1.807) is 42.5 Å². The number of sulfonamides is 2. The Hall–Kier alpha value is -4.59. The minimum absolute atomic E-state index is 0.0190. The van der Waals surface area contributed by atoms with Gasteiger partial charge in [0.2, 0.25) is 0 Å². The van der Waals surface area contributed by atoms with Gasteiger partial charge in [-0.05, 0) is 73.5 Å². The number of carbonyl (C=O) groups excluding carboxylic acids is 1. The molecule has 0 radical (unpaired) electrons. The minimum atomic E-state index is -4.09. The first-order chi connectivity index (χ1) is 22.1. The summed E-state index contributed by atoms with van der Waals surface area (Å²) in [5.41, 5.74) is 2.80. The van der Waals surface area contributed by atoms with E-state index >= 15 is 0 Å². The average molecular weight is 663 g/mol. The molecule has 2 heterocycles. The van der Waals surface area contributed by atoms with Gasteiger partial charge in [0, 0.05) is 24.7 Å². The van der Waals surface area contributed by atoms with E-state index in [2.05, 4.69) is 10.0 Å². The van der Waals surface area contributed by atoms with Gasteiger partial charge in [0.25, 0.3) is 26.0 Å². The number of rotatable bonds is 9. The van der Waals surface area contributed by atoms with Crippen molar-refractivity contribution in [2.24, 2.45) is 0 Å². The molecule has 46 heavy (non-hydrogen) atoms. The second-order valence-electron chi connectivity index (χ2n) is 11.0. The Bertz CT molecular complexity index is 1990. The molecule has 1 unspecified atom stereocenters. The van der Waals surface area contributed by atoms with Crippen molar-refractivity contribution in [2.45, 2.75) is 29.2 Å². The molecule has 0 aliphatic carbocycles. The molecule has 0 saturated carbocycles. The molecule has 2 aliphatic rings. The highest BCUT2D eigenvalue weighted by molar-refractivity contribution is 7.93. The number of benzene rings is 4. The normalized spacial score (nSPS) is 16.5. The van der Waals surface area contributed by atoms with Gasteiger partial charge in [-0.3, -0.25) is 13.8 Å². The fraction of sp³-hybridized carbons (Fsp3) is 0.242. The number of para-hydroxylation sites is 3. The largest absolute Gasteiger partial charge is 0.495 e. The van der Waals surface area contributed by atoms with Crippen LogP contribution in [0.15, 0.2) is 101 Å². The molecule has 240 valence electrons. The lowest BCUT2D eigenvalue weighted by molar-refractivity contribution is 0.102. The van der Waals surface area contributed by atoms with Crippen molar-refractivity contribution >= 4 is 48.7 Å². The molecule has 0 bridgehead atoms. The van der Waals surface area contributed by atoms with Crippen molar-refractivity contribution in [3.8, 4) is 5.75 Å². The van der Waals surface area contributed by atoms with Crippen LogP contribution >= 0.6 is 0 Å². The maximum Gasteiger partial charge on any atom is 0.264 e. The van der Waals surface area contributed by atoms with E-state index in [4.69, 9.17) is 9.47 Å². The lowest BCUT2D eigenvalue weighted by Gasteiger charge is -2.31. The Labute approximate surface area is 268 Å². The average Bonchev–Trinajstić information content (AvgIpc) is 3.41. The van der Waals surface area contributed by atoms with Crippen molar-refractivity contribution in [2.75, 3.05) is 52.7 Å². The van der Waals surface area contributed by atoms with Crippen LogP contribution in [-0.4, -0.2) is 62.2 Å². The predicted octanol–water partition coefficient (Wildman–Crippen LogP) is 4.72. The molecule has 6 rings (SSSR count). The zero-order valence-corrected chi connectivity index (χ0v) is 27.0. The lowest BCUT2D eigenvalue weighted by Crippen LogP contribution is -2.37. The molecule has 1 amide bonds. The van der Waals surface area contributed by atoms with Crippen LogP contribution in [0, 0.1) is 0 Å². The molecular formula is C33H34N4O7S2. The summed E-state index contributed by atoms with van der Waals surface area (Å²) in [7, 11) is -6.63. The van der Waals surface area contributed by atoms with E-state index < -0.39 is 26.0 Å². The number of anilines is 4. The maximum absolute atomic E-state index is 13.8. The van der Waals surface area contributed by atoms with E-state index in [0.29, 0.717) is 49.8 Å². The van der Waals surface area contributed by atoms with Crippen molar-refractivity contribution in [1.82, 2.24) is 0 Å². The first kappa shape index (κ1) is 31.4. The summed E-state index contributed by atoms with van der Waals surface area (Å²) in [6, 6.07) is 24.1. The highest BCUT2D eigenvalue weighted by Gasteiger charge is 2.36. The van der Waals surface area contributed by atoms with Gasteiger partial charge >= 0.3 is 0 Å². The summed E-state index contributed by atoms with van der Waals surface area (Å²) in [4.78, 5) is 15.6. The number of morpholine rings is 1. The lowest BCUT2D eigenvalue weighted by atomic mass is 10.1. The Morgan fingerprint density at radius 1 is 0.826 bits per heavy atom. The molecule has 1 saturated heterocycles. The molecule has 1 atom stereocenters. The highest BCUT2D eigenvalue weighted by atomic mass is 32.2. The molecule has 13 heteroatoms. The van der Waals surface area contributed by atoms with E-state index in [-0.39, 0.29) is 32.8 Å². The number of methoxy groups -OCH3 is 1. The van der Waals surface area contributed by atoms with E-state index in [9.17, 15) is 21.6 Å². The van der Waals surface area contributed by atoms with Gasteiger partial charge in [-0.2, -0.15) is 0 Å². The standard InChI is InChI=1S/C33H34N4O7S2/c1-23-20-24-8-3-5-12-30(24)37(23)46(41,42)27-10-7-9-25(21-27)33(38)34-29-22-26(14-15-31(29)36-16-18-44-19-17-36)45(39,40)35-28-11-4-6-13-32(28)43-2/h3-15,21-23,35H,16-20H2,1-2H3,(H,34,38). The number of hydrogen-bond acceptors (Lipinski definition) is 8. The number of ether oxygens (including phenoxy) is 2. The molecule has 2 N–H and O–H groups in total. The molecule has 4 aromatic carbocycles. The minimum Gasteiger partial charge on any atom is -0.495 e. The van der Waals surface area contributed by atoms with Crippen molar-refractivity contribution in [3.05, 3.63) is 102 Å². The third kappa shape index (κ3) is 6.13. The monoisotopic (exact) mass is 662 g/mol. The van der Waals surface area contributed by atoms with Gasteiger partial charge in [-0.15, -0.1) is 0 Å². The zero-order valence-electron chi connectivity index (χ0n) is 25.3. The fourth-order valence-electron chi connectivity index (χ4n) is 5.80. The quantitative estimate of drug-likeness (QED) is 0.263. The van der Waals surface area contributed by atoms with E-state index in [0.717, 1.165) is 5.56 Å². The van der Waals surface area contributed by atoms with Crippen molar-refractivity contribution < 1.29 is 31.1 Å². The Morgan fingerprint density at radius 3 is 2.35 bits per heavy atom. The van der Waals surface area contributed by atoms with Gasteiger partial charge < -0.3 is 19.7 Å². The second kappa shape index (κ2) is 12.7. The van der Waals surface area contributed by atoms with Crippen LogP contribution in [0.25, 0.3) is 0 Å². The van der Waals surface area contributed by atoms with Crippen molar-refractivity contribution in [1.29, 1.82) is 0 Å². The Kier molecular flexibility index (Phi) is 8.64. The van der Waals surface area contributed by atoms with E-state index in [1.165, 1.54) is 47.8 Å². The summed E-state index contributed by atoms with van der Waals surface area (Å²) >= 11 is 0. The highest BCUT2D eigenvalue weighted by Crippen LogP contribution is 2.37. The molecule has 2 aliphatic heterocycles. The molecule has 1 fully saturated rings. The number of nitrogens with one attached hydrogen (secondary N) is 2. The van der Waals surface area contributed by atoms with Crippen LogP contribution in [0.4, 0.5) is 22.7 Å². The Balaban J connectivity index is 1.32. The third-order valence-electron chi connectivity index (χ3n) is 8.03. The number of nitrogens with zero attached hydrogens (tertiary/aromatic N) is 2. The number of fused-ring (bicyclic) bond motifs is 1. The third-order valence-corrected chi connectivity index (χ3v) is 11.3. The number of carbonyl (C=O) groups is 1. The smallest absolute Gasteiger partial charge is 0.264 e. The zero-order chi connectivity index (χ0) is 32.5. The van der Waals surface area contributed by atoms with Gasteiger partial charge in [0.15, 0.2) is 0 Å². The topological polar surface area (TPSA) is 134 Å². The predicted molar refractivity (Wildman–Crippen MR) is 177 cm³/mol. The van der Waals surface area contributed by atoms with E-state index in [1.807, 2.05) is 24.0 Å². The summed E-state index contributed by atoms with van der Waals surface area (Å²) in [6.07, 6.45) is 0.588. The first-order valence-electron chi connectivity index (χ1n) is 14.7. The number of amides is 1. The van der Waals surface area contributed by atoms with Crippen LogP contribution in [0.5, 0.6) is 5.75 Å². The van der Waals surface area contributed by atoms with Crippen LogP contribution in [0.1, 0.15) is 22.8 Å². The first-order valence-corrected chi connectivity index (χ1v) is 17.7. The summed E-state index contributed by atoms with van der Waals surface area (Å²) < 4.78 is 69.4. The molecular weight excluding hydrogens is 629 g/mol. The van der Waals surface area contributed by atoms with Crippen LogP contribution in [-0.2, 0) is 31.2 Å². The molecule has 4 aromatic rings. The summed E-state index contributed by atoms with van der Waals surface area (Å²) in [5, 5.41) is 2.85. The summed E-state index contributed by atoms with van der Waals surface area (Å²) in [5.74, 6) is -0.236. The second-order valence-corrected chi connectivity index (χ2v) is 14.5. The SMILES string of the molecule is COc1ccccc1NS(=O)(=O)c1ccc(N2CCOCC2)c(NC(=O)c2cccc(S(=O)(=O)N3c4ccccc4CC3C)c2)c1. The van der Waals surface area contributed by atoms with Crippen LogP contribution < -0.4 is 24.0 Å². The summed E-state index contributed by atoms with van der Waals surface area (Å²) in [6.45, 7) is 3.88. The van der Waals surface area contributed by atoms with Gasteiger partial charge in [-0.25, -0.2) is 16.8 Å². The van der Waals surface area contributed by atoms with Gasteiger partial charge in [0.05, 0.1) is 52.9 Å². The Morgan fingerprint density at radius 2 is 1.57 bits per heavy atom. The number of hydrogen-bond donors (Lipinski definition) is 2. The van der Waals surface area contributed by atoms with Crippen LogP contribution in [0.2, 0.25) is 0 Å². The van der Waals surface area contributed by atoms with Crippen molar-refractivity contribution in [3.63, 3.8) is 0 Å². The van der Waals surface area contributed by atoms with Crippen LogP contribution in [0.3, 0.4) is 0 Å². The van der Waals surface area contributed by atoms with Gasteiger partial charge in [-0.1, -0.05) is 36.4 Å². The molecule has 11 nitrogen and oxygen atoms in total. The molecule has 0 spiro atoms. The molecule has 0 aromatic heterocycles. The maximum atomic E-state index is 13.8.